The van der Waals surface area contributed by atoms with Crippen molar-refractivity contribution in [1.82, 2.24) is 0 Å². The number of carbonyl (C=O) groups is 1. The molecule has 0 saturated heterocycles. The second kappa shape index (κ2) is 9.44. The first kappa shape index (κ1) is 23.3. The number of benzene rings is 3. The van der Waals surface area contributed by atoms with Gasteiger partial charge < -0.3 is 10.1 Å². The maximum absolute atomic E-state index is 13.1. The van der Waals surface area contributed by atoms with Crippen LogP contribution in [0.4, 0.5) is 11.4 Å². The Balaban J connectivity index is 1.82. The van der Waals surface area contributed by atoms with Crippen molar-refractivity contribution in [3.05, 3.63) is 83.4 Å². The van der Waals surface area contributed by atoms with Crippen LogP contribution in [-0.4, -0.2) is 27.5 Å². The van der Waals surface area contributed by atoms with E-state index >= 15 is 0 Å². The van der Waals surface area contributed by atoms with E-state index in [1.807, 2.05) is 45.9 Å². The van der Waals surface area contributed by atoms with Gasteiger partial charge in [-0.25, -0.2) is 8.42 Å². The molecule has 0 bridgehead atoms. The van der Waals surface area contributed by atoms with Crippen LogP contribution in [0.5, 0.6) is 5.75 Å². The molecule has 0 saturated carbocycles. The van der Waals surface area contributed by atoms with Crippen molar-refractivity contribution in [2.75, 3.05) is 16.7 Å². The lowest BCUT2D eigenvalue weighted by Crippen LogP contribution is -2.26. The van der Waals surface area contributed by atoms with Gasteiger partial charge in [-0.1, -0.05) is 23.8 Å². The van der Waals surface area contributed by atoms with E-state index in [0.717, 1.165) is 16.9 Å². The molecule has 0 spiro atoms. The number of ether oxygens (including phenoxy) is 1. The maximum Gasteiger partial charge on any atom is 0.264 e. The normalized spacial score (nSPS) is 11.3. The standard InChI is InChI=1S/C25H28N2O4S/c1-17(2)31-22-13-14-24(19(4)15-22)26-25(28)20-7-6-8-23(16-20)32(29,30)27(5)21-11-9-18(3)10-12-21/h6-17H,1-5H3,(H,26,28). The van der Waals surface area contributed by atoms with Crippen LogP contribution in [0.1, 0.15) is 35.3 Å². The first-order valence-electron chi connectivity index (χ1n) is 10.3. The second-order valence-corrected chi connectivity index (χ2v) is 9.90. The van der Waals surface area contributed by atoms with Crippen LogP contribution < -0.4 is 14.4 Å². The van der Waals surface area contributed by atoms with Crippen LogP contribution in [0.15, 0.2) is 71.6 Å². The molecule has 6 nitrogen and oxygen atoms in total. The van der Waals surface area contributed by atoms with Crippen LogP contribution in [0, 0.1) is 13.8 Å². The van der Waals surface area contributed by atoms with Crippen molar-refractivity contribution in [2.24, 2.45) is 0 Å². The number of anilines is 2. The fourth-order valence-corrected chi connectivity index (χ4v) is 4.41. The number of nitrogens with one attached hydrogen (secondary N) is 1. The third kappa shape index (κ3) is 5.29. The van der Waals surface area contributed by atoms with Crippen LogP contribution in [-0.2, 0) is 10.0 Å². The smallest absolute Gasteiger partial charge is 0.264 e. The van der Waals surface area contributed by atoms with Crippen molar-refractivity contribution < 1.29 is 17.9 Å². The molecule has 0 aliphatic rings. The van der Waals surface area contributed by atoms with Crippen molar-refractivity contribution >= 4 is 27.3 Å². The molecular weight excluding hydrogens is 424 g/mol. The summed E-state index contributed by atoms with van der Waals surface area (Å²) in [5.41, 5.74) is 3.32. The van der Waals surface area contributed by atoms with Gasteiger partial charge in [0.05, 0.1) is 16.7 Å². The summed E-state index contributed by atoms with van der Waals surface area (Å²) >= 11 is 0. The highest BCUT2D eigenvalue weighted by Gasteiger charge is 2.22. The molecule has 0 unspecified atom stereocenters. The van der Waals surface area contributed by atoms with E-state index in [4.69, 9.17) is 4.74 Å². The third-order valence-electron chi connectivity index (χ3n) is 4.97. The zero-order chi connectivity index (χ0) is 23.5. The summed E-state index contributed by atoms with van der Waals surface area (Å²) in [7, 11) is -2.33. The number of rotatable bonds is 7. The highest BCUT2D eigenvalue weighted by molar-refractivity contribution is 7.92. The van der Waals surface area contributed by atoms with Crippen LogP contribution in [0.2, 0.25) is 0 Å². The minimum absolute atomic E-state index is 0.0469. The lowest BCUT2D eigenvalue weighted by molar-refractivity contribution is 0.102. The first-order chi connectivity index (χ1) is 15.1. The molecule has 0 fully saturated rings. The summed E-state index contributed by atoms with van der Waals surface area (Å²) in [5.74, 6) is 0.336. The van der Waals surface area contributed by atoms with Gasteiger partial charge in [-0.3, -0.25) is 9.10 Å². The molecule has 3 aromatic carbocycles. The molecule has 1 amide bonds. The van der Waals surface area contributed by atoms with Crippen LogP contribution >= 0.6 is 0 Å². The van der Waals surface area contributed by atoms with Crippen molar-refractivity contribution in [3.63, 3.8) is 0 Å². The van der Waals surface area contributed by atoms with E-state index in [0.29, 0.717) is 11.4 Å². The lowest BCUT2D eigenvalue weighted by atomic mass is 10.1. The number of amides is 1. The van der Waals surface area contributed by atoms with E-state index in [1.54, 1.807) is 36.4 Å². The average Bonchev–Trinajstić information content (AvgIpc) is 2.75. The first-order valence-corrected chi connectivity index (χ1v) is 11.8. The fourth-order valence-electron chi connectivity index (χ4n) is 3.17. The summed E-state index contributed by atoms with van der Waals surface area (Å²) in [4.78, 5) is 12.9. The van der Waals surface area contributed by atoms with E-state index in [-0.39, 0.29) is 22.5 Å². The van der Waals surface area contributed by atoms with Gasteiger partial charge in [-0.15, -0.1) is 0 Å². The molecule has 32 heavy (non-hydrogen) atoms. The molecular formula is C25H28N2O4S. The molecule has 3 aromatic rings. The Kier molecular flexibility index (Phi) is 6.89. The van der Waals surface area contributed by atoms with Crippen molar-refractivity contribution in [2.45, 2.75) is 38.7 Å². The van der Waals surface area contributed by atoms with Gasteiger partial charge in [0.15, 0.2) is 0 Å². The Morgan fingerprint density at radius 1 is 0.969 bits per heavy atom. The van der Waals surface area contributed by atoms with E-state index < -0.39 is 10.0 Å². The molecule has 0 atom stereocenters. The largest absolute Gasteiger partial charge is 0.491 e. The van der Waals surface area contributed by atoms with E-state index in [1.165, 1.54) is 23.5 Å². The lowest BCUT2D eigenvalue weighted by Gasteiger charge is -2.20. The van der Waals surface area contributed by atoms with Crippen LogP contribution in [0.3, 0.4) is 0 Å². The number of hydrogen-bond donors (Lipinski definition) is 1. The molecule has 3 rings (SSSR count). The van der Waals surface area contributed by atoms with E-state index in [2.05, 4.69) is 5.32 Å². The summed E-state index contributed by atoms with van der Waals surface area (Å²) < 4.78 is 33.1. The molecule has 0 aliphatic carbocycles. The van der Waals surface area contributed by atoms with Gasteiger partial charge >= 0.3 is 0 Å². The molecule has 7 heteroatoms. The van der Waals surface area contributed by atoms with Gasteiger partial charge in [0.1, 0.15) is 5.75 Å². The number of hydrogen-bond acceptors (Lipinski definition) is 4. The van der Waals surface area contributed by atoms with Gasteiger partial charge in [0, 0.05) is 18.3 Å². The third-order valence-corrected chi connectivity index (χ3v) is 6.75. The maximum atomic E-state index is 13.1. The van der Waals surface area contributed by atoms with Gasteiger partial charge in [-0.05, 0) is 81.8 Å². The highest BCUT2D eigenvalue weighted by Crippen LogP contribution is 2.25. The molecule has 1 N–H and O–H groups in total. The zero-order valence-electron chi connectivity index (χ0n) is 18.9. The average molecular weight is 453 g/mol. The molecule has 0 heterocycles. The monoisotopic (exact) mass is 452 g/mol. The summed E-state index contributed by atoms with van der Waals surface area (Å²) in [6.07, 6.45) is 0.0533. The topological polar surface area (TPSA) is 75.7 Å². The Labute approximate surface area is 189 Å². The number of aryl methyl sites for hydroxylation is 2. The molecule has 168 valence electrons. The highest BCUT2D eigenvalue weighted by atomic mass is 32.2. The minimum atomic E-state index is -3.82. The zero-order valence-corrected chi connectivity index (χ0v) is 19.7. The summed E-state index contributed by atoms with van der Waals surface area (Å²) in [6.45, 7) is 7.71. The summed E-state index contributed by atoms with van der Waals surface area (Å²) in [6, 6.07) is 18.7. The van der Waals surface area contributed by atoms with Gasteiger partial charge in [0.25, 0.3) is 15.9 Å². The van der Waals surface area contributed by atoms with Gasteiger partial charge in [0.2, 0.25) is 0 Å². The fraction of sp³-hybridized carbons (Fsp3) is 0.240. The number of carbonyl (C=O) groups excluding carboxylic acids is 1. The van der Waals surface area contributed by atoms with Crippen molar-refractivity contribution in [3.8, 4) is 5.75 Å². The molecule has 0 aromatic heterocycles. The Morgan fingerprint density at radius 3 is 2.28 bits per heavy atom. The van der Waals surface area contributed by atoms with Crippen molar-refractivity contribution in [1.29, 1.82) is 0 Å². The number of sulfonamides is 1. The number of nitrogens with zero attached hydrogens (tertiary/aromatic N) is 1. The van der Waals surface area contributed by atoms with E-state index in [9.17, 15) is 13.2 Å². The molecule has 0 aliphatic heterocycles. The Bertz CT molecular complexity index is 1220. The summed E-state index contributed by atoms with van der Waals surface area (Å²) in [5, 5.41) is 2.85. The quantitative estimate of drug-likeness (QED) is 0.537. The van der Waals surface area contributed by atoms with Crippen LogP contribution in [0.25, 0.3) is 0 Å². The SMILES string of the molecule is Cc1ccc(N(C)S(=O)(=O)c2cccc(C(=O)Nc3ccc(OC(C)C)cc3C)c2)cc1. The Morgan fingerprint density at radius 2 is 1.66 bits per heavy atom. The van der Waals surface area contributed by atoms with Gasteiger partial charge in [-0.2, -0.15) is 0 Å². The predicted molar refractivity (Wildman–Crippen MR) is 128 cm³/mol. The minimum Gasteiger partial charge on any atom is -0.491 e. The Hall–Kier alpha value is -3.32. The second-order valence-electron chi connectivity index (χ2n) is 7.93. The molecule has 0 radical (unpaired) electrons. The predicted octanol–water partition coefficient (Wildman–Crippen LogP) is 5.17.